The minimum absolute atomic E-state index is 0.207. The van der Waals surface area contributed by atoms with E-state index in [1.54, 1.807) is 0 Å². The zero-order valence-corrected chi connectivity index (χ0v) is 10.4. The molecule has 1 aliphatic rings. The molecule has 3 heteroatoms. The quantitative estimate of drug-likeness (QED) is 0.652. The Morgan fingerprint density at radius 2 is 2.00 bits per heavy atom. The van der Waals surface area contributed by atoms with Crippen molar-refractivity contribution in [2.24, 2.45) is 5.41 Å². The van der Waals surface area contributed by atoms with E-state index in [9.17, 15) is 4.79 Å². The molecule has 1 heterocycles. The number of hydrogen-bond acceptors (Lipinski definition) is 1. The summed E-state index contributed by atoms with van der Waals surface area (Å²) in [5.74, 6) is 0.207. The van der Waals surface area contributed by atoms with E-state index in [1.807, 2.05) is 18.7 Å². The smallest absolute Gasteiger partial charge is 0.238 e. The maximum Gasteiger partial charge on any atom is 0.238 e. The van der Waals surface area contributed by atoms with Gasteiger partial charge in [-0.25, -0.2) is 0 Å². The van der Waals surface area contributed by atoms with Crippen LogP contribution in [0.4, 0.5) is 0 Å². The van der Waals surface area contributed by atoms with E-state index >= 15 is 0 Å². The molecule has 0 radical (unpaired) electrons. The van der Waals surface area contributed by atoms with Crippen molar-refractivity contribution >= 4 is 21.8 Å². The molecular formula is C10H18BrNO. The number of halogens is 1. The van der Waals surface area contributed by atoms with Gasteiger partial charge in [-0.05, 0) is 25.7 Å². The van der Waals surface area contributed by atoms with Crippen molar-refractivity contribution in [3.63, 3.8) is 0 Å². The Labute approximate surface area is 88.8 Å². The van der Waals surface area contributed by atoms with Gasteiger partial charge in [-0.1, -0.05) is 29.8 Å². The summed E-state index contributed by atoms with van der Waals surface area (Å²) in [5, 5.41) is 0. The van der Waals surface area contributed by atoms with Crippen LogP contribution in [-0.2, 0) is 4.79 Å². The van der Waals surface area contributed by atoms with Crippen LogP contribution < -0.4 is 0 Å². The van der Waals surface area contributed by atoms with E-state index in [0.717, 1.165) is 19.5 Å². The maximum atomic E-state index is 11.8. The monoisotopic (exact) mass is 247 g/mol. The first-order valence-electron chi connectivity index (χ1n) is 4.71. The van der Waals surface area contributed by atoms with Gasteiger partial charge >= 0.3 is 0 Å². The maximum absolute atomic E-state index is 11.8. The highest BCUT2D eigenvalue weighted by Gasteiger charge is 2.37. The number of nitrogens with zero attached hydrogens (tertiary/aromatic N) is 1. The molecule has 1 rings (SSSR count). The predicted molar refractivity (Wildman–Crippen MR) is 58.0 cm³/mol. The standard InChI is InChI=1S/C10H18BrNO/c1-9(2)5-6-12(7-9)8(13)10(3,4)11/h5-7H2,1-4H3. The fraction of sp³-hybridized carbons (Fsp3) is 0.900. The number of rotatable bonds is 1. The summed E-state index contributed by atoms with van der Waals surface area (Å²) in [5.41, 5.74) is 0.300. The molecule has 0 aliphatic carbocycles. The lowest BCUT2D eigenvalue weighted by Crippen LogP contribution is -2.40. The number of carbonyl (C=O) groups is 1. The first kappa shape index (κ1) is 11.0. The summed E-state index contributed by atoms with van der Waals surface area (Å²) in [6.07, 6.45) is 1.11. The summed E-state index contributed by atoms with van der Waals surface area (Å²) in [6, 6.07) is 0. The van der Waals surface area contributed by atoms with Crippen LogP contribution >= 0.6 is 15.9 Å². The summed E-state index contributed by atoms with van der Waals surface area (Å²) in [7, 11) is 0. The van der Waals surface area contributed by atoms with Crippen molar-refractivity contribution in [2.45, 2.75) is 38.4 Å². The molecule has 0 bridgehead atoms. The summed E-state index contributed by atoms with van der Waals surface area (Å²) in [6.45, 7) is 10.0. The van der Waals surface area contributed by atoms with Crippen molar-refractivity contribution in [3.8, 4) is 0 Å². The van der Waals surface area contributed by atoms with Crippen LogP contribution in [0.25, 0.3) is 0 Å². The summed E-state index contributed by atoms with van der Waals surface area (Å²) < 4.78 is -0.409. The van der Waals surface area contributed by atoms with Crippen molar-refractivity contribution in [1.82, 2.24) is 4.90 Å². The molecule has 2 nitrogen and oxygen atoms in total. The highest BCUT2D eigenvalue weighted by Crippen LogP contribution is 2.31. The molecule has 0 N–H and O–H groups in total. The van der Waals surface area contributed by atoms with Crippen LogP contribution in [0.1, 0.15) is 34.1 Å². The minimum Gasteiger partial charge on any atom is -0.341 e. The molecule has 0 saturated carbocycles. The molecule has 0 atom stereocenters. The van der Waals surface area contributed by atoms with Crippen molar-refractivity contribution in [3.05, 3.63) is 0 Å². The average molecular weight is 248 g/mol. The van der Waals surface area contributed by atoms with Gasteiger partial charge in [0.1, 0.15) is 0 Å². The molecule has 76 valence electrons. The van der Waals surface area contributed by atoms with Gasteiger partial charge in [0.15, 0.2) is 0 Å². The van der Waals surface area contributed by atoms with E-state index < -0.39 is 4.32 Å². The Morgan fingerprint density at radius 3 is 2.31 bits per heavy atom. The lowest BCUT2D eigenvalue weighted by atomic mass is 9.93. The van der Waals surface area contributed by atoms with Gasteiger partial charge in [-0.3, -0.25) is 4.79 Å². The fourth-order valence-electron chi connectivity index (χ4n) is 1.66. The minimum atomic E-state index is -0.409. The molecule has 0 aromatic rings. The Hall–Kier alpha value is -0.0500. The third kappa shape index (κ3) is 2.70. The van der Waals surface area contributed by atoms with Crippen molar-refractivity contribution in [1.29, 1.82) is 0 Å². The van der Waals surface area contributed by atoms with Gasteiger partial charge in [0, 0.05) is 13.1 Å². The Morgan fingerprint density at radius 1 is 1.46 bits per heavy atom. The topological polar surface area (TPSA) is 20.3 Å². The molecule has 1 aliphatic heterocycles. The summed E-state index contributed by atoms with van der Waals surface area (Å²) in [4.78, 5) is 13.8. The van der Waals surface area contributed by atoms with E-state index in [1.165, 1.54) is 0 Å². The fourth-order valence-corrected chi connectivity index (χ4v) is 1.91. The Bertz CT molecular complexity index is 217. The molecule has 0 aromatic carbocycles. The molecule has 0 unspecified atom stereocenters. The zero-order valence-electron chi connectivity index (χ0n) is 8.85. The number of likely N-dealkylation sites (tertiary alicyclic amines) is 1. The summed E-state index contributed by atoms with van der Waals surface area (Å²) >= 11 is 3.40. The first-order valence-corrected chi connectivity index (χ1v) is 5.50. The second-order valence-corrected chi connectivity index (χ2v) is 7.10. The molecule has 1 fully saturated rings. The van der Waals surface area contributed by atoms with E-state index in [4.69, 9.17) is 0 Å². The highest BCUT2D eigenvalue weighted by molar-refractivity contribution is 9.10. The lowest BCUT2D eigenvalue weighted by Gasteiger charge is -2.25. The van der Waals surface area contributed by atoms with Crippen LogP contribution in [0, 0.1) is 5.41 Å². The molecule has 0 aromatic heterocycles. The Balaban J connectivity index is 2.62. The first-order chi connectivity index (χ1) is 5.72. The predicted octanol–water partition coefficient (Wildman–Crippen LogP) is 2.42. The van der Waals surface area contributed by atoms with Crippen LogP contribution in [-0.4, -0.2) is 28.2 Å². The third-order valence-electron chi connectivity index (χ3n) is 2.47. The molecule has 0 spiro atoms. The second-order valence-electron chi connectivity index (χ2n) is 5.11. The van der Waals surface area contributed by atoms with E-state index in [-0.39, 0.29) is 5.91 Å². The molecule has 1 amide bonds. The van der Waals surface area contributed by atoms with Crippen LogP contribution in [0.3, 0.4) is 0 Å². The van der Waals surface area contributed by atoms with Gasteiger partial charge in [0.25, 0.3) is 0 Å². The number of amides is 1. The second kappa shape index (κ2) is 3.26. The van der Waals surface area contributed by atoms with Gasteiger partial charge in [-0.15, -0.1) is 0 Å². The van der Waals surface area contributed by atoms with Crippen LogP contribution in [0.5, 0.6) is 0 Å². The molecule has 1 saturated heterocycles. The van der Waals surface area contributed by atoms with Gasteiger partial charge < -0.3 is 4.90 Å². The van der Waals surface area contributed by atoms with Crippen LogP contribution in [0.15, 0.2) is 0 Å². The van der Waals surface area contributed by atoms with Crippen molar-refractivity contribution < 1.29 is 4.79 Å². The zero-order chi connectivity index (χ0) is 10.3. The molecular weight excluding hydrogens is 230 g/mol. The van der Waals surface area contributed by atoms with E-state index in [2.05, 4.69) is 29.8 Å². The highest BCUT2D eigenvalue weighted by atomic mass is 79.9. The van der Waals surface area contributed by atoms with Crippen molar-refractivity contribution in [2.75, 3.05) is 13.1 Å². The van der Waals surface area contributed by atoms with E-state index in [0.29, 0.717) is 5.41 Å². The number of hydrogen-bond donors (Lipinski definition) is 0. The SMILES string of the molecule is CC1(C)CCN(C(=O)C(C)(C)Br)C1. The molecule has 13 heavy (non-hydrogen) atoms. The normalized spacial score (nSPS) is 22.1. The average Bonchev–Trinajstić information content (AvgIpc) is 2.26. The number of carbonyl (C=O) groups excluding carboxylic acids is 1. The third-order valence-corrected chi connectivity index (χ3v) is 2.81. The largest absolute Gasteiger partial charge is 0.341 e. The Kier molecular flexibility index (Phi) is 2.77. The van der Waals surface area contributed by atoms with Gasteiger partial charge in [0.05, 0.1) is 4.32 Å². The lowest BCUT2D eigenvalue weighted by molar-refractivity contribution is -0.132. The van der Waals surface area contributed by atoms with Gasteiger partial charge in [-0.2, -0.15) is 0 Å². The van der Waals surface area contributed by atoms with Crippen LogP contribution in [0.2, 0.25) is 0 Å². The van der Waals surface area contributed by atoms with Gasteiger partial charge in [0.2, 0.25) is 5.91 Å². The number of alkyl halides is 1.